The Hall–Kier alpha value is -3.49. The van der Waals surface area contributed by atoms with Crippen LogP contribution in [0, 0.1) is 22.9 Å². The number of hydrogen-bond acceptors (Lipinski definition) is 5. The summed E-state index contributed by atoms with van der Waals surface area (Å²) in [6, 6.07) is 12.5. The molecule has 9 heteroatoms. The molecule has 0 aliphatic heterocycles. The molecule has 25 heavy (non-hydrogen) atoms. The molecule has 2 aromatic carbocycles. The third-order valence-electron chi connectivity index (χ3n) is 3.49. The number of nitrogens with zero attached hydrogens (tertiary/aromatic N) is 5. The maximum atomic E-state index is 12.9. The highest BCUT2D eigenvalue weighted by atomic mass is 19.1. The predicted molar refractivity (Wildman–Crippen MR) is 85.8 cm³/mol. The van der Waals surface area contributed by atoms with Gasteiger partial charge in [0.25, 0.3) is 5.49 Å². The van der Waals surface area contributed by atoms with Gasteiger partial charge in [-0.05, 0) is 52.0 Å². The predicted octanol–water partition coefficient (Wildman–Crippen LogP) is 2.37. The van der Waals surface area contributed by atoms with E-state index in [9.17, 15) is 19.7 Å². The Balaban J connectivity index is 2.07. The first kappa shape index (κ1) is 16.4. The molecular formula is C16H14FN5O3. The van der Waals surface area contributed by atoms with E-state index in [-0.39, 0.29) is 17.8 Å². The van der Waals surface area contributed by atoms with E-state index in [0.29, 0.717) is 16.1 Å². The maximum absolute atomic E-state index is 12.9. The molecule has 0 saturated carbocycles. The molecule has 0 unspecified atom stereocenters. The largest absolute Gasteiger partial charge is 0.438 e. The van der Waals surface area contributed by atoms with Crippen molar-refractivity contribution in [3.63, 3.8) is 0 Å². The average Bonchev–Trinajstić information content (AvgIpc) is 2.91. The summed E-state index contributed by atoms with van der Waals surface area (Å²) in [6.45, 7) is 1.88. The molecule has 3 rings (SSSR count). The molecule has 0 fully saturated rings. The second kappa shape index (κ2) is 6.56. The van der Waals surface area contributed by atoms with Gasteiger partial charge in [0.15, 0.2) is 0 Å². The Bertz CT molecular complexity index is 992. The van der Waals surface area contributed by atoms with Gasteiger partial charge in [-0.2, -0.15) is 0 Å². The summed E-state index contributed by atoms with van der Waals surface area (Å²) < 4.78 is 12.9. The standard InChI is InChI=1S/C16H14FN5O3/c1-11-3-2-4-14(9-11)20-19-16(22(24)25)15(21(20)23)18-10-12-5-7-13(17)8-6-12/h2-9,23H,10H2,1H3. The third-order valence-corrected chi connectivity index (χ3v) is 3.49. The quantitative estimate of drug-likeness (QED) is 0.447. The molecule has 0 aliphatic carbocycles. The molecular weight excluding hydrogens is 329 g/mol. The van der Waals surface area contributed by atoms with E-state index in [1.54, 1.807) is 18.2 Å². The van der Waals surface area contributed by atoms with Gasteiger partial charge in [0.2, 0.25) is 0 Å². The zero-order valence-electron chi connectivity index (χ0n) is 13.2. The van der Waals surface area contributed by atoms with E-state index in [0.717, 1.165) is 10.4 Å². The summed E-state index contributed by atoms with van der Waals surface area (Å²) in [6.07, 6.45) is 0. The normalized spacial score (nSPS) is 11.7. The summed E-state index contributed by atoms with van der Waals surface area (Å²) >= 11 is 0. The smallest absolute Gasteiger partial charge is 0.409 e. The highest BCUT2D eigenvalue weighted by molar-refractivity contribution is 5.34. The molecule has 8 nitrogen and oxygen atoms in total. The van der Waals surface area contributed by atoms with Gasteiger partial charge in [0.05, 0.1) is 11.6 Å². The zero-order valence-corrected chi connectivity index (χ0v) is 13.2. The van der Waals surface area contributed by atoms with Crippen molar-refractivity contribution in [2.24, 2.45) is 4.99 Å². The molecule has 1 aromatic heterocycles. The Morgan fingerprint density at radius 3 is 2.64 bits per heavy atom. The molecule has 0 radical (unpaired) electrons. The van der Waals surface area contributed by atoms with Crippen LogP contribution in [-0.2, 0) is 6.54 Å². The zero-order chi connectivity index (χ0) is 18.0. The molecule has 0 atom stereocenters. The Kier molecular flexibility index (Phi) is 4.29. The molecule has 128 valence electrons. The van der Waals surface area contributed by atoms with Crippen LogP contribution >= 0.6 is 0 Å². The number of aryl methyl sites for hydroxylation is 1. The minimum atomic E-state index is -0.720. The molecule has 0 saturated heterocycles. The van der Waals surface area contributed by atoms with Gasteiger partial charge in [-0.25, -0.2) is 4.39 Å². The number of halogens is 1. The van der Waals surface area contributed by atoms with Crippen LogP contribution in [0.3, 0.4) is 0 Å². The van der Waals surface area contributed by atoms with Crippen molar-refractivity contribution in [1.82, 2.24) is 14.7 Å². The molecule has 1 heterocycles. The van der Waals surface area contributed by atoms with E-state index in [1.165, 1.54) is 24.3 Å². The summed E-state index contributed by atoms with van der Waals surface area (Å²) in [7, 11) is 0. The van der Waals surface area contributed by atoms with E-state index < -0.39 is 10.7 Å². The van der Waals surface area contributed by atoms with Crippen LogP contribution in [0.25, 0.3) is 5.69 Å². The second-order valence-electron chi connectivity index (χ2n) is 5.36. The number of rotatable bonds is 4. The van der Waals surface area contributed by atoms with Crippen LogP contribution in [0.1, 0.15) is 11.1 Å². The molecule has 0 amide bonds. The van der Waals surface area contributed by atoms with Crippen molar-refractivity contribution in [3.05, 3.63) is 81.1 Å². The lowest BCUT2D eigenvalue weighted by Gasteiger charge is -2.00. The van der Waals surface area contributed by atoms with Crippen LogP contribution in [0.4, 0.5) is 10.2 Å². The highest BCUT2D eigenvalue weighted by Gasteiger charge is 2.23. The number of benzene rings is 2. The molecule has 3 aromatic rings. The SMILES string of the molecule is Cc1cccc(-n2nc([N+](=O)[O-])c(=NCc3ccc(F)cc3)n2O)c1. The van der Waals surface area contributed by atoms with Crippen LogP contribution in [-0.4, -0.2) is 24.9 Å². The van der Waals surface area contributed by atoms with Crippen LogP contribution in [0.5, 0.6) is 0 Å². The lowest BCUT2D eigenvalue weighted by Crippen LogP contribution is -2.22. The highest BCUT2D eigenvalue weighted by Crippen LogP contribution is 2.10. The van der Waals surface area contributed by atoms with Crippen molar-refractivity contribution < 1.29 is 14.5 Å². The maximum Gasteiger partial charge on any atom is 0.438 e. The van der Waals surface area contributed by atoms with Gasteiger partial charge in [0, 0.05) is 0 Å². The van der Waals surface area contributed by atoms with Crippen molar-refractivity contribution in [2.45, 2.75) is 13.5 Å². The first-order chi connectivity index (χ1) is 12.0. The number of hydrogen-bond donors (Lipinski definition) is 1. The fourth-order valence-corrected chi connectivity index (χ4v) is 2.28. The topological polar surface area (TPSA) is 98.5 Å². The first-order valence-electron chi connectivity index (χ1n) is 7.33. The first-order valence-corrected chi connectivity index (χ1v) is 7.33. The van der Waals surface area contributed by atoms with Gasteiger partial charge in [-0.15, -0.1) is 0 Å². The molecule has 0 bridgehead atoms. The van der Waals surface area contributed by atoms with E-state index in [2.05, 4.69) is 10.1 Å². The Labute approximate surface area is 141 Å². The Morgan fingerprint density at radius 1 is 1.28 bits per heavy atom. The summed E-state index contributed by atoms with van der Waals surface area (Å²) in [5, 5.41) is 25.3. The lowest BCUT2D eigenvalue weighted by atomic mass is 10.2. The van der Waals surface area contributed by atoms with Crippen LogP contribution in [0.2, 0.25) is 0 Å². The number of nitro groups is 1. The third kappa shape index (κ3) is 3.39. The van der Waals surface area contributed by atoms with Gasteiger partial charge in [-0.1, -0.05) is 29.1 Å². The van der Waals surface area contributed by atoms with Crippen molar-refractivity contribution in [3.8, 4) is 5.69 Å². The molecule has 0 aliphatic rings. The van der Waals surface area contributed by atoms with E-state index in [4.69, 9.17) is 0 Å². The fraction of sp³-hybridized carbons (Fsp3) is 0.125. The summed E-state index contributed by atoms with van der Waals surface area (Å²) in [4.78, 5) is 16.1. The molecule has 1 N–H and O–H groups in total. The summed E-state index contributed by atoms with van der Waals surface area (Å²) in [5.74, 6) is -0.967. The molecule has 0 spiro atoms. The minimum absolute atomic E-state index is 0.0290. The monoisotopic (exact) mass is 343 g/mol. The van der Waals surface area contributed by atoms with Crippen molar-refractivity contribution >= 4 is 5.82 Å². The van der Waals surface area contributed by atoms with E-state index >= 15 is 0 Å². The van der Waals surface area contributed by atoms with Crippen LogP contribution < -0.4 is 5.49 Å². The van der Waals surface area contributed by atoms with Gasteiger partial charge < -0.3 is 15.3 Å². The fourth-order valence-electron chi connectivity index (χ4n) is 2.28. The minimum Gasteiger partial charge on any atom is -0.409 e. The number of aromatic nitrogens is 3. The van der Waals surface area contributed by atoms with Gasteiger partial charge in [-0.3, -0.25) is 4.99 Å². The van der Waals surface area contributed by atoms with Gasteiger partial charge >= 0.3 is 5.82 Å². The van der Waals surface area contributed by atoms with Crippen LogP contribution in [0.15, 0.2) is 53.5 Å². The Morgan fingerprint density at radius 2 is 2.00 bits per heavy atom. The average molecular weight is 343 g/mol. The second-order valence-corrected chi connectivity index (χ2v) is 5.36. The van der Waals surface area contributed by atoms with Gasteiger partial charge in [0.1, 0.15) is 11.5 Å². The summed E-state index contributed by atoms with van der Waals surface area (Å²) in [5.41, 5.74) is 1.70. The van der Waals surface area contributed by atoms with E-state index in [1.807, 2.05) is 13.0 Å². The van der Waals surface area contributed by atoms with Crippen molar-refractivity contribution in [2.75, 3.05) is 0 Å². The van der Waals surface area contributed by atoms with Crippen molar-refractivity contribution in [1.29, 1.82) is 0 Å². The lowest BCUT2D eigenvalue weighted by molar-refractivity contribution is -0.391.